The fraction of sp³-hybridized carbons (Fsp3) is 0.500. The summed E-state index contributed by atoms with van der Waals surface area (Å²) in [7, 11) is 3.12. The van der Waals surface area contributed by atoms with E-state index in [1.54, 1.807) is 37.2 Å². The zero-order valence-corrected chi connectivity index (χ0v) is 13.4. The average Bonchev–Trinajstić information content (AvgIpc) is 2.61. The molecule has 1 aromatic carbocycles. The van der Waals surface area contributed by atoms with Crippen LogP contribution in [-0.4, -0.2) is 61.5 Å². The summed E-state index contributed by atoms with van der Waals surface area (Å²) in [6.45, 7) is 4.73. The molecule has 0 amide bonds. The van der Waals surface area contributed by atoms with Gasteiger partial charge in [0.2, 0.25) is 0 Å². The van der Waals surface area contributed by atoms with Crippen LogP contribution in [0.2, 0.25) is 0 Å². The van der Waals surface area contributed by atoms with Crippen LogP contribution in [-0.2, 0) is 11.3 Å². The maximum Gasteiger partial charge on any atom is 0.261 e. The normalized spacial score (nSPS) is 15.7. The lowest BCUT2D eigenvalue weighted by molar-refractivity contribution is 0.0362. The number of ether oxygens (including phenoxy) is 3. The van der Waals surface area contributed by atoms with Crippen molar-refractivity contribution in [2.75, 3.05) is 47.1 Å². The molecule has 124 valence electrons. The van der Waals surface area contributed by atoms with Gasteiger partial charge in [-0.05, 0) is 6.07 Å². The van der Waals surface area contributed by atoms with Crippen LogP contribution in [0, 0.1) is 0 Å². The van der Waals surface area contributed by atoms with Gasteiger partial charge in [0.1, 0.15) is 0 Å². The summed E-state index contributed by atoms with van der Waals surface area (Å²) in [5.74, 6) is 1.10. The molecule has 2 aromatic rings. The van der Waals surface area contributed by atoms with E-state index >= 15 is 0 Å². The molecule has 0 bridgehead atoms. The summed E-state index contributed by atoms with van der Waals surface area (Å²) in [4.78, 5) is 19.3. The highest BCUT2D eigenvalue weighted by Gasteiger charge is 2.13. The molecule has 1 fully saturated rings. The van der Waals surface area contributed by atoms with E-state index in [2.05, 4.69) is 9.88 Å². The van der Waals surface area contributed by atoms with Crippen molar-refractivity contribution in [2.24, 2.45) is 0 Å². The second kappa shape index (κ2) is 6.97. The zero-order chi connectivity index (χ0) is 16.2. The molecule has 7 heteroatoms. The van der Waals surface area contributed by atoms with Gasteiger partial charge in [-0.15, -0.1) is 0 Å². The SMILES string of the molecule is COc1cc2ncn(CCN3CCOCC3)c(=O)c2cc1OC. The molecule has 0 atom stereocenters. The third-order valence-electron chi connectivity index (χ3n) is 4.09. The van der Waals surface area contributed by atoms with Crippen LogP contribution in [0.25, 0.3) is 10.9 Å². The molecular weight excluding hydrogens is 298 g/mol. The van der Waals surface area contributed by atoms with E-state index in [9.17, 15) is 4.79 Å². The third kappa shape index (κ3) is 3.30. The van der Waals surface area contributed by atoms with Crippen molar-refractivity contribution in [2.45, 2.75) is 6.54 Å². The Hall–Kier alpha value is -2.12. The van der Waals surface area contributed by atoms with Crippen LogP contribution in [0.1, 0.15) is 0 Å². The highest BCUT2D eigenvalue weighted by molar-refractivity contribution is 5.81. The molecule has 1 aliphatic rings. The van der Waals surface area contributed by atoms with Crippen molar-refractivity contribution in [3.63, 3.8) is 0 Å². The Labute approximate surface area is 134 Å². The van der Waals surface area contributed by atoms with Gasteiger partial charge < -0.3 is 14.2 Å². The van der Waals surface area contributed by atoms with Crippen LogP contribution >= 0.6 is 0 Å². The van der Waals surface area contributed by atoms with Crippen molar-refractivity contribution < 1.29 is 14.2 Å². The molecule has 2 heterocycles. The number of hydrogen-bond donors (Lipinski definition) is 0. The minimum Gasteiger partial charge on any atom is -0.493 e. The van der Waals surface area contributed by atoms with Gasteiger partial charge in [-0.25, -0.2) is 4.98 Å². The van der Waals surface area contributed by atoms with E-state index in [-0.39, 0.29) is 5.56 Å². The van der Waals surface area contributed by atoms with Gasteiger partial charge in [0.05, 0.1) is 44.7 Å². The van der Waals surface area contributed by atoms with Gasteiger partial charge in [-0.3, -0.25) is 14.3 Å². The van der Waals surface area contributed by atoms with Crippen LogP contribution < -0.4 is 15.0 Å². The number of fused-ring (bicyclic) bond motifs is 1. The Kier molecular flexibility index (Phi) is 4.78. The predicted octanol–water partition coefficient (Wildman–Crippen LogP) is 0.746. The number of hydrogen-bond acceptors (Lipinski definition) is 6. The lowest BCUT2D eigenvalue weighted by atomic mass is 10.2. The van der Waals surface area contributed by atoms with Crippen molar-refractivity contribution in [3.05, 3.63) is 28.8 Å². The first-order valence-corrected chi connectivity index (χ1v) is 7.64. The Morgan fingerprint density at radius 2 is 1.83 bits per heavy atom. The summed E-state index contributed by atoms with van der Waals surface area (Å²) in [5, 5.41) is 0.534. The maximum atomic E-state index is 12.7. The number of rotatable bonds is 5. The first-order valence-electron chi connectivity index (χ1n) is 7.64. The largest absolute Gasteiger partial charge is 0.493 e. The van der Waals surface area contributed by atoms with E-state index in [0.29, 0.717) is 28.9 Å². The minimum atomic E-state index is -0.0655. The molecule has 1 aliphatic heterocycles. The summed E-state index contributed by atoms with van der Waals surface area (Å²) >= 11 is 0. The summed E-state index contributed by atoms with van der Waals surface area (Å²) in [6, 6.07) is 3.41. The zero-order valence-electron chi connectivity index (χ0n) is 13.4. The standard InChI is InChI=1S/C16H21N3O4/c1-21-14-9-12-13(10-15(14)22-2)17-11-19(16(12)20)4-3-18-5-7-23-8-6-18/h9-11H,3-8H2,1-2H3. The Balaban J connectivity index is 1.87. The number of methoxy groups -OCH3 is 2. The van der Waals surface area contributed by atoms with E-state index in [1.165, 1.54) is 0 Å². The van der Waals surface area contributed by atoms with Gasteiger partial charge in [0.15, 0.2) is 11.5 Å². The van der Waals surface area contributed by atoms with Crippen molar-refractivity contribution in [1.29, 1.82) is 0 Å². The van der Waals surface area contributed by atoms with Crippen molar-refractivity contribution in [1.82, 2.24) is 14.5 Å². The second-order valence-electron chi connectivity index (χ2n) is 5.42. The first kappa shape index (κ1) is 15.8. The van der Waals surface area contributed by atoms with Crippen LogP contribution in [0.15, 0.2) is 23.3 Å². The van der Waals surface area contributed by atoms with Gasteiger partial charge in [0.25, 0.3) is 5.56 Å². The predicted molar refractivity (Wildman–Crippen MR) is 86.4 cm³/mol. The highest BCUT2D eigenvalue weighted by Crippen LogP contribution is 2.29. The lowest BCUT2D eigenvalue weighted by Crippen LogP contribution is -2.39. The van der Waals surface area contributed by atoms with Crippen molar-refractivity contribution >= 4 is 10.9 Å². The van der Waals surface area contributed by atoms with E-state index in [1.807, 2.05) is 0 Å². The number of benzene rings is 1. The number of aromatic nitrogens is 2. The van der Waals surface area contributed by atoms with E-state index in [4.69, 9.17) is 14.2 Å². The quantitative estimate of drug-likeness (QED) is 0.810. The molecule has 0 spiro atoms. The Morgan fingerprint density at radius 3 is 2.52 bits per heavy atom. The molecule has 0 N–H and O–H groups in total. The first-order chi connectivity index (χ1) is 11.2. The molecule has 0 unspecified atom stereocenters. The molecule has 3 rings (SSSR count). The van der Waals surface area contributed by atoms with Crippen LogP contribution in [0.3, 0.4) is 0 Å². The maximum absolute atomic E-state index is 12.7. The fourth-order valence-corrected chi connectivity index (χ4v) is 2.72. The Bertz CT molecular complexity index is 738. The lowest BCUT2D eigenvalue weighted by Gasteiger charge is -2.26. The van der Waals surface area contributed by atoms with E-state index < -0.39 is 0 Å². The third-order valence-corrected chi connectivity index (χ3v) is 4.09. The fourth-order valence-electron chi connectivity index (χ4n) is 2.72. The van der Waals surface area contributed by atoms with Gasteiger partial charge in [-0.2, -0.15) is 0 Å². The van der Waals surface area contributed by atoms with Crippen LogP contribution in [0.5, 0.6) is 11.5 Å². The smallest absolute Gasteiger partial charge is 0.261 e. The molecular formula is C16H21N3O4. The number of morpholine rings is 1. The molecule has 23 heavy (non-hydrogen) atoms. The molecule has 0 radical (unpaired) electrons. The average molecular weight is 319 g/mol. The molecule has 0 saturated carbocycles. The topological polar surface area (TPSA) is 65.8 Å². The van der Waals surface area contributed by atoms with Gasteiger partial charge in [-0.1, -0.05) is 0 Å². The van der Waals surface area contributed by atoms with Crippen LogP contribution in [0.4, 0.5) is 0 Å². The van der Waals surface area contributed by atoms with Gasteiger partial charge >= 0.3 is 0 Å². The van der Waals surface area contributed by atoms with Crippen molar-refractivity contribution in [3.8, 4) is 11.5 Å². The highest BCUT2D eigenvalue weighted by atomic mass is 16.5. The second-order valence-corrected chi connectivity index (χ2v) is 5.42. The minimum absolute atomic E-state index is 0.0655. The number of nitrogens with zero attached hydrogens (tertiary/aromatic N) is 3. The molecule has 0 aliphatic carbocycles. The molecule has 7 nitrogen and oxygen atoms in total. The molecule has 1 aromatic heterocycles. The van der Waals surface area contributed by atoms with E-state index in [0.717, 1.165) is 32.8 Å². The van der Waals surface area contributed by atoms with Gasteiger partial charge in [0, 0.05) is 32.2 Å². The summed E-state index contributed by atoms with van der Waals surface area (Å²) in [5.41, 5.74) is 0.541. The monoisotopic (exact) mass is 319 g/mol. The Morgan fingerprint density at radius 1 is 1.13 bits per heavy atom. The summed E-state index contributed by atoms with van der Waals surface area (Å²) in [6.07, 6.45) is 1.59. The summed E-state index contributed by atoms with van der Waals surface area (Å²) < 4.78 is 17.5. The molecule has 1 saturated heterocycles.